The van der Waals surface area contributed by atoms with Gasteiger partial charge < -0.3 is 9.84 Å². The predicted molar refractivity (Wildman–Crippen MR) is 121 cm³/mol. The lowest BCUT2D eigenvalue weighted by Gasteiger charge is -2.14. The summed E-state index contributed by atoms with van der Waals surface area (Å²) in [5.41, 5.74) is 1.73. The molecule has 0 saturated carbocycles. The fourth-order valence-electron chi connectivity index (χ4n) is 3.30. The molecule has 1 heterocycles. The molecule has 3 aromatic carbocycles. The van der Waals surface area contributed by atoms with E-state index in [1.54, 1.807) is 16.7 Å². The van der Waals surface area contributed by atoms with E-state index in [-0.39, 0.29) is 16.9 Å². The lowest BCUT2D eigenvalue weighted by molar-refractivity contribution is 0.0697. The second kappa shape index (κ2) is 9.23. The Morgan fingerprint density at radius 3 is 2.56 bits per heavy atom. The van der Waals surface area contributed by atoms with E-state index in [2.05, 4.69) is 4.98 Å². The standard InChI is InChI=1S/C24H19FN2O4S/c1-31-21-10-7-16(11-19(21)25)14-32-24-26-20-12-17(23(29)30)8-9-18(20)22(28)27(24)13-15-5-3-2-4-6-15/h2-12H,13-14H2,1H3,(H,29,30). The summed E-state index contributed by atoms with van der Waals surface area (Å²) >= 11 is 1.28. The number of hydrogen-bond acceptors (Lipinski definition) is 5. The van der Waals surface area contributed by atoms with Crippen LogP contribution in [0.4, 0.5) is 4.39 Å². The van der Waals surface area contributed by atoms with Crippen LogP contribution in [-0.2, 0) is 12.3 Å². The maximum atomic E-state index is 14.1. The van der Waals surface area contributed by atoms with Crippen LogP contribution in [0.2, 0.25) is 0 Å². The van der Waals surface area contributed by atoms with Gasteiger partial charge in [0.1, 0.15) is 0 Å². The van der Waals surface area contributed by atoms with Crippen molar-refractivity contribution in [2.75, 3.05) is 7.11 Å². The van der Waals surface area contributed by atoms with Crippen molar-refractivity contribution in [3.63, 3.8) is 0 Å². The molecule has 162 valence electrons. The number of thioether (sulfide) groups is 1. The van der Waals surface area contributed by atoms with Gasteiger partial charge in [0.25, 0.3) is 5.56 Å². The average molecular weight is 450 g/mol. The minimum atomic E-state index is -1.09. The quantitative estimate of drug-likeness (QED) is 0.328. The van der Waals surface area contributed by atoms with Crippen molar-refractivity contribution in [3.8, 4) is 5.75 Å². The van der Waals surface area contributed by atoms with Crippen LogP contribution in [0.3, 0.4) is 0 Å². The van der Waals surface area contributed by atoms with Crippen molar-refractivity contribution < 1.29 is 19.0 Å². The van der Waals surface area contributed by atoms with Crippen LogP contribution in [0, 0.1) is 5.82 Å². The molecule has 0 aliphatic heterocycles. The Labute approximate surface area is 187 Å². The average Bonchev–Trinajstić information content (AvgIpc) is 2.80. The highest BCUT2D eigenvalue weighted by atomic mass is 32.2. The van der Waals surface area contributed by atoms with Crippen LogP contribution >= 0.6 is 11.8 Å². The van der Waals surface area contributed by atoms with Crippen LogP contribution in [0.25, 0.3) is 10.9 Å². The third kappa shape index (κ3) is 4.50. The number of carbonyl (C=O) groups is 1. The number of fused-ring (bicyclic) bond motifs is 1. The fourth-order valence-corrected chi connectivity index (χ4v) is 4.24. The number of aromatic carboxylic acids is 1. The topological polar surface area (TPSA) is 81.4 Å². The smallest absolute Gasteiger partial charge is 0.335 e. The zero-order chi connectivity index (χ0) is 22.7. The number of benzene rings is 3. The zero-order valence-corrected chi connectivity index (χ0v) is 17.9. The third-order valence-corrected chi connectivity index (χ3v) is 5.98. The van der Waals surface area contributed by atoms with Crippen molar-refractivity contribution in [1.29, 1.82) is 0 Å². The van der Waals surface area contributed by atoms with Crippen molar-refractivity contribution in [1.82, 2.24) is 9.55 Å². The highest BCUT2D eigenvalue weighted by Crippen LogP contribution is 2.26. The van der Waals surface area contributed by atoms with Crippen LogP contribution in [-0.4, -0.2) is 27.7 Å². The molecule has 0 bridgehead atoms. The molecule has 0 fully saturated rings. The third-order valence-electron chi connectivity index (χ3n) is 4.93. The van der Waals surface area contributed by atoms with Crippen molar-refractivity contribution >= 4 is 28.6 Å². The minimum absolute atomic E-state index is 0.0541. The summed E-state index contributed by atoms with van der Waals surface area (Å²) in [5.74, 6) is -1.04. The number of nitrogens with zero attached hydrogens (tertiary/aromatic N) is 2. The first-order chi connectivity index (χ1) is 15.5. The number of aromatic nitrogens is 2. The number of carboxylic acid groups (broad SMARTS) is 1. The van der Waals surface area contributed by atoms with Gasteiger partial charge in [-0.25, -0.2) is 14.2 Å². The van der Waals surface area contributed by atoms with Gasteiger partial charge >= 0.3 is 5.97 Å². The number of ether oxygens (including phenoxy) is 1. The van der Waals surface area contributed by atoms with E-state index in [1.165, 1.54) is 43.1 Å². The maximum Gasteiger partial charge on any atom is 0.335 e. The van der Waals surface area contributed by atoms with Crippen molar-refractivity contribution in [2.45, 2.75) is 17.5 Å². The zero-order valence-electron chi connectivity index (χ0n) is 17.1. The Morgan fingerprint density at radius 2 is 1.88 bits per heavy atom. The predicted octanol–water partition coefficient (Wildman–Crippen LogP) is 4.58. The van der Waals surface area contributed by atoms with E-state index < -0.39 is 11.8 Å². The van der Waals surface area contributed by atoms with E-state index in [0.29, 0.717) is 33.9 Å². The van der Waals surface area contributed by atoms with Gasteiger partial charge in [-0.3, -0.25) is 9.36 Å². The molecule has 0 atom stereocenters. The summed E-state index contributed by atoms with van der Waals surface area (Å²) in [6.07, 6.45) is 0. The molecule has 32 heavy (non-hydrogen) atoms. The molecule has 1 N–H and O–H groups in total. The Morgan fingerprint density at radius 1 is 1.09 bits per heavy atom. The first kappa shape index (κ1) is 21.6. The Hall–Kier alpha value is -3.65. The van der Waals surface area contributed by atoms with Crippen LogP contribution < -0.4 is 10.3 Å². The van der Waals surface area contributed by atoms with Crippen molar-refractivity contribution in [3.05, 3.63) is 99.6 Å². The molecule has 1 aromatic heterocycles. The molecular weight excluding hydrogens is 431 g/mol. The molecular formula is C24H19FN2O4S. The van der Waals surface area contributed by atoms with Crippen LogP contribution in [0.1, 0.15) is 21.5 Å². The number of halogens is 1. The molecule has 0 amide bonds. The van der Waals surface area contributed by atoms with Crippen molar-refractivity contribution in [2.24, 2.45) is 0 Å². The Bertz CT molecular complexity index is 1360. The molecule has 6 nitrogen and oxygen atoms in total. The van der Waals surface area contributed by atoms with E-state index in [1.807, 2.05) is 30.3 Å². The minimum Gasteiger partial charge on any atom is -0.494 e. The summed E-state index contributed by atoms with van der Waals surface area (Å²) < 4.78 is 20.6. The molecule has 8 heteroatoms. The Kier molecular flexibility index (Phi) is 6.23. The summed E-state index contributed by atoms with van der Waals surface area (Å²) in [5, 5.41) is 10.1. The SMILES string of the molecule is COc1ccc(CSc2nc3cc(C(=O)O)ccc3c(=O)n2Cc2ccccc2)cc1F. The summed E-state index contributed by atoms with van der Waals surface area (Å²) in [6, 6.07) is 18.5. The fraction of sp³-hybridized carbons (Fsp3) is 0.125. The molecule has 0 aliphatic rings. The van der Waals surface area contributed by atoms with Gasteiger partial charge in [0.15, 0.2) is 16.7 Å². The molecule has 0 spiro atoms. The van der Waals surface area contributed by atoms with Gasteiger partial charge in [0.05, 0.1) is 30.1 Å². The number of rotatable bonds is 7. The summed E-state index contributed by atoms with van der Waals surface area (Å²) in [6.45, 7) is 0.308. The van der Waals surface area contributed by atoms with Gasteiger partial charge in [0.2, 0.25) is 0 Å². The number of methoxy groups -OCH3 is 1. The molecule has 4 aromatic rings. The van der Waals surface area contributed by atoms with E-state index in [4.69, 9.17) is 4.74 Å². The molecule has 4 rings (SSSR count). The van der Waals surface area contributed by atoms with Crippen LogP contribution in [0.5, 0.6) is 5.75 Å². The normalized spacial score (nSPS) is 10.9. The van der Waals surface area contributed by atoms with Gasteiger partial charge in [0, 0.05) is 5.75 Å². The number of carboxylic acids is 1. The molecule has 0 saturated heterocycles. The van der Waals surface area contributed by atoms with Gasteiger partial charge in [-0.15, -0.1) is 0 Å². The van der Waals surface area contributed by atoms with Gasteiger partial charge in [-0.1, -0.05) is 48.2 Å². The largest absolute Gasteiger partial charge is 0.494 e. The lowest BCUT2D eigenvalue weighted by atomic mass is 10.1. The Balaban J connectivity index is 1.76. The van der Waals surface area contributed by atoms with Gasteiger partial charge in [-0.2, -0.15) is 0 Å². The van der Waals surface area contributed by atoms with E-state index >= 15 is 0 Å². The summed E-state index contributed by atoms with van der Waals surface area (Å²) in [4.78, 5) is 29.2. The molecule has 0 radical (unpaired) electrons. The summed E-state index contributed by atoms with van der Waals surface area (Å²) in [7, 11) is 1.40. The van der Waals surface area contributed by atoms with Gasteiger partial charge in [-0.05, 0) is 41.5 Å². The van der Waals surface area contributed by atoms with E-state index in [0.717, 1.165) is 5.56 Å². The van der Waals surface area contributed by atoms with Crippen LogP contribution in [0.15, 0.2) is 76.7 Å². The monoisotopic (exact) mass is 450 g/mol. The second-order valence-corrected chi connectivity index (χ2v) is 8.01. The molecule has 0 unspecified atom stereocenters. The highest BCUT2D eigenvalue weighted by molar-refractivity contribution is 7.98. The lowest BCUT2D eigenvalue weighted by Crippen LogP contribution is -2.24. The molecule has 0 aliphatic carbocycles. The maximum absolute atomic E-state index is 14.1. The highest BCUT2D eigenvalue weighted by Gasteiger charge is 2.15. The second-order valence-electron chi connectivity index (χ2n) is 7.07. The van der Waals surface area contributed by atoms with E-state index in [9.17, 15) is 19.1 Å². The number of hydrogen-bond donors (Lipinski definition) is 1. The first-order valence-electron chi connectivity index (χ1n) is 9.73. The first-order valence-corrected chi connectivity index (χ1v) is 10.7.